The predicted molar refractivity (Wildman–Crippen MR) is 92.8 cm³/mol. The van der Waals surface area contributed by atoms with E-state index in [2.05, 4.69) is 79.0 Å². The van der Waals surface area contributed by atoms with Crippen LogP contribution in [0.15, 0.2) is 28.7 Å². The quantitative estimate of drug-likeness (QED) is 0.853. The lowest BCUT2D eigenvalue weighted by atomic mass is 9.91. The minimum Gasteiger partial charge on any atom is -0.370 e. The normalized spacial score (nSPS) is 11.5. The molecule has 0 spiro atoms. The summed E-state index contributed by atoms with van der Waals surface area (Å²) in [5.41, 5.74) is 3.25. The second-order valence-electron chi connectivity index (χ2n) is 6.23. The molecule has 0 aliphatic heterocycles. The molecule has 3 nitrogen and oxygen atoms in total. The lowest BCUT2D eigenvalue weighted by Crippen LogP contribution is -2.16. The summed E-state index contributed by atoms with van der Waals surface area (Å²) < 4.78 is 1.02. The Hall–Kier alpha value is -1.42. The van der Waals surface area contributed by atoms with Gasteiger partial charge in [0, 0.05) is 28.1 Å². The van der Waals surface area contributed by atoms with Gasteiger partial charge in [-0.15, -0.1) is 0 Å². The molecule has 0 saturated heterocycles. The highest BCUT2D eigenvalue weighted by molar-refractivity contribution is 9.10. The molecule has 0 amide bonds. The molecule has 0 unspecified atom stereocenters. The van der Waals surface area contributed by atoms with Crippen molar-refractivity contribution >= 4 is 21.7 Å². The highest BCUT2D eigenvalue weighted by atomic mass is 79.9. The monoisotopic (exact) mass is 347 g/mol. The summed E-state index contributed by atoms with van der Waals surface area (Å²) >= 11 is 3.62. The van der Waals surface area contributed by atoms with Crippen LogP contribution in [0.2, 0.25) is 0 Å². The van der Waals surface area contributed by atoms with Crippen LogP contribution >= 0.6 is 15.9 Å². The number of benzene rings is 1. The molecule has 112 valence electrons. The standard InChI is InChI=1S/C17H22BrN3/c1-6-19-15-10-14(17(3,4)5)20-16(21-15)12-8-7-11(2)9-13(12)18/h7-10H,6H2,1-5H3,(H,19,20,21). The third-order valence-corrected chi connectivity index (χ3v) is 3.87. The maximum absolute atomic E-state index is 4.77. The maximum atomic E-state index is 4.77. The summed E-state index contributed by atoms with van der Waals surface area (Å²) in [7, 11) is 0. The first kappa shape index (κ1) is 16.0. The van der Waals surface area contributed by atoms with E-state index in [9.17, 15) is 0 Å². The summed E-state index contributed by atoms with van der Waals surface area (Å²) in [6.45, 7) is 11.5. The number of hydrogen-bond acceptors (Lipinski definition) is 3. The van der Waals surface area contributed by atoms with E-state index in [0.717, 1.165) is 33.9 Å². The molecule has 0 aliphatic rings. The van der Waals surface area contributed by atoms with E-state index in [-0.39, 0.29) is 5.41 Å². The Morgan fingerprint density at radius 2 is 1.86 bits per heavy atom. The van der Waals surface area contributed by atoms with Crippen molar-refractivity contribution in [2.75, 3.05) is 11.9 Å². The summed E-state index contributed by atoms with van der Waals surface area (Å²) in [5, 5.41) is 3.29. The average Bonchev–Trinajstić information content (AvgIpc) is 2.37. The first-order valence-corrected chi connectivity index (χ1v) is 8.00. The molecule has 0 radical (unpaired) electrons. The largest absolute Gasteiger partial charge is 0.370 e. The molecule has 4 heteroatoms. The van der Waals surface area contributed by atoms with E-state index in [1.807, 2.05) is 6.07 Å². The van der Waals surface area contributed by atoms with Crippen molar-refractivity contribution in [1.29, 1.82) is 0 Å². The second-order valence-corrected chi connectivity index (χ2v) is 7.08. The number of hydrogen-bond donors (Lipinski definition) is 1. The summed E-state index contributed by atoms with van der Waals surface area (Å²) in [6.07, 6.45) is 0. The van der Waals surface area contributed by atoms with Gasteiger partial charge in [-0.2, -0.15) is 0 Å². The van der Waals surface area contributed by atoms with Crippen molar-refractivity contribution in [2.45, 2.75) is 40.0 Å². The fourth-order valence-corrected chi connectivity index (χ4v) is 2.70. The van der Waals surface area contributed by atoms with Crippen LogP contribution in [0.5, 0.6) is 0 Å². The van der Waals surface area contributed by atoms with Gasteiger partial charge in [0.05, 0.1) is 5.69 Å². The number of nitrogens with zero attached hydrogens (tertiary/aromatic N) is 2. The Morgan fingerprint density at radius 1 is 1.14 bits per heavy atom. The van der Waals surface area contributed by atoms with Crippen LogP contribution in [0.4, 0.5) is 5.82 Å². The van der Waals surface area contributed by atoms with Crippen molar-refractivity contribution in [3.63, 3.8) is 0 Å². The summed E-state index contributed by atoms with van der Waals surface area (Å²) in [4.78, 5) is 9.41. The highest BCUT2D eigenvalue weighted by Gasteiger charge is 2.19. The van der Waals surface area contributed by atoms with Gasteiger partial charge in [0.25, 0.3) is 0 Å². The third kappa shape index (κ3) is 3.82. The summed E-state index contributed by atoms with van der Waals surface area (Å²) in [5.74, 6) is 1.63. The van der Waals surface area contributed by atoms with E-state index in [1.165, 1.54) is 5.56 Å². The zero-order chi connectivity index (χ0) is 15.6. The lowest BCUT2D eigenvalue weighted by molar-refractivity contribution is 0.568. The van der Waals surface area contributed by atoms with E-state index >= 15 is 0 Å². The van der Waals surface area contributed by atoms with Crippen LogP contribution in [-0.2, 0) is 5.41 Å². The number of anilines is 1. The number of rotatable bonds is 3. The number of nitrogens with one attached hydrogen (secondary N) is 1. The van der Waals surface area contributed by atoms with Crippen LogP contribution in [0.25, 0.3) is 11.4 Å². The molecule has 0 saturated carbocycles. The Labute approximate surface area is 135 Å². The molecule has 2 rings (SSSR count). The van der Waals surface area contributed by atoms with Crippen LogP contribution in [0.1, 0.15) is 39.0 Å². The molecule has 0 bridgehead atoms. The average molecular weight is 348 g/mol. The highest BCUT2D eigenvalue weighted by Crippen LogP contribution is 2.30. The van der Waals surface area contributed by atoms with Crippen molar-refractivity contribution < 1.29 is 0 Å². The van der Waals surface area contributed by atoms with Crippen LogP contribution in [0.3, 0.4) is 0 Å². The van der Waals surface area contributed by atoms with Crippen LogP contribution in [0, 0.1) is 6.92 Å². The molecule has 21 heavy (non-hydrogen) atoms. The minimum absolute atomic E-state index is 0.0148. The number of halogens is 1. The third-order valence-electron chi connectivity index (χ3n) is 3.22. The molecule has 1 aromatic carbocycles. The first-order valence-electron chi connectivity index (χ1n) is 7.21. The predicted octanol–water partition coefficient (Wildman–Crippen LogP) is 4.94. The Balaban J connectivity index is 2.59. The molecule has 1 heterocycles. The molecule has 0 fully saturated rings. The van der Waals surface area contributed by atoms with E-state index in [1.54, 1.807) is 0 Å². The molecular formula is C17H22BrN3. The molecular weight excluding hydrogens is 326 g/mol. The van der Waals surface area contributed by atoms with Gasteiger partial charge in [-0.05, 0) is 31.5 Å². The fourth-order valence-electron chi connectivity index (χ4n) is 2.03. The van der Waals surface area contributed by atoms with Crippen molar-refractivity contribution in [2.24, 2.45) is 0 Å². The van der Waals surface area contributed by atoms with E-state index in [0.29, 0.717) is 0 Å². The molecule has 0 atom stereocenters. The van der Waals surface area contributed by atoms with E-state index in [4.69, 9.17) is 4.98 Å². The lowest BCUT2D eigenvalue weighted by Gasteiger charge is -2.20. The van der Waals surface area contributed by atoms with Crippen LogP contribution < -0.4 is 5.32 Å². The molecule has 0 aliphatic carbocycles. The van der Waals surface area contributed by atoms with Gasteiger partial charge in [-0.3, -0.25) is 0 Å². The van der Waals surface area contributed by atoms with Gasteiger partial charge in [-0.25, -0.2) is 9.97 Å². The number of aromatic nitrogens is 2. The molecule has 2 aromatic rings. The zero-order valence-corrected chi connectivity index (χ0v) is 14.9. The number of aryl methyl sites for hydroxylation is 1. The topological polar surface area (TPSA) is 37.8 Å². The van der Waals surface area contributed by atoms with Crippen molar-refractivity contribution in [3.8, 4) is 11.4 Å². The SMILES string of the molecule is CCNc1cc(C(C)(C)C)nc(-c2ccc(C)cc2Br)n1. The van der Waals surface area contributed by atoms with Gasteiger partial charge in [0.1, 0.15) is 5.82 Å². The van der Waals surface area contributed by atoms with Crippen molar-refractivity contribution in [3.05, 3.63) is 40.0 Å². The van der Waals surface area contributed by atoms with Gasteiger partial charge in [0.2, 0.25) is 0 Å². The van der Waals surface area contributed by atoms with Gasteiger partial charge < -0.3 is 5.32 Å². The minimum atomic E-state index is -0.0148. The van der Waals surface area contributed by atoms with Crippen LogP contribution in [-0.4, -0.2) is 16.5 Å². The Morgan fingerprint density at radius 3 is 2.43 bits per heavy atom. The van der Waals surface area contributed by atoms with Gasteiger partial charge >= 0.3 is 0 Å². The zero-order valence-electron chi connectivity index (χ0n) is 13.3. The fraction of sp³-hybridized carbons (Fsp3) is 0.412. The van der Waals surface area contributed by atoms with Gasteiger partial charge in [0.15, 0.2) is 5.82 Å². The van der Waals surface area contributed by atoms with Crippen molar-refractivity contribution in [1.82, 2.24) is 9.97 Å². The van der Waals surface area contributed by atoms with Gasteiger partial charge in [-0.1, -0.05) is 42.8 Å². The smallest absolute Gasteiger partial charge is 0.162 e. The Bertz CT molecular complexity index is 645. The second kappa shape index (κ2) is 6.14. The molecule has 1 aromatic heterocycles. The molecule has 1 N–H and O–H groups in total. The van der Waals surface area contributed by atoms with E-state index < -0.39 is 0 Å². The summed E-state index contributed by atoms with van der Waals surface area (Å²) in [6, 6.07) is 8.28. The Kier molecular flexibility index (Phi) is 4.67. The first-order chi connectivity index (χ1) is 9.81. The maximum Gasteiger partial charge on any atom is 0.162 e.